The van der Waals surface area contributed by atoms with Crippen molar-refractivity contribution in [3.63, 3.8) is 0 Å². The molecule has 10 nitrogen and oxygen atoms in total. The van der Waals surface area contributed by atoms with Gasteiger partial charge in [-0.15, -0.1) is 0 Å². The maximum atomic E-state index is 13.4. The van der Waals surface area contributed by atoms with Gasteiger partial charge in [0.2, 0.25) is 0 Å². The van der Waals surface area contributed by atoms with Gasteiger partial charge in [-0.1, -0.05) is 11.6 Å². The summed E-state index contributed by atoms with van der Waals surface area (Å²) in [7, 11) is 1.54. The average molecular weight is 571 g/mol. The number of fused-ring (bicyclic) bond motifs is 1. The van der Waals surface area contributed by atoms with Crippen molar-refractivity contribution in [1.82, 2.24) is 25.1 Å². The number of methoxy groups -OCH3 is 1. The molecule has 2 aromatic heterocycles. The highest BCUT2D eigenvalue weighted by molar-refractivity contribution is 6.32. The van der Waals surface area contributed by atoms with Crippen LogP contribution in [-0.2, 0) is 11.3 Å². The first-order valence-corrected chi connectivity index (χ1v) is 13.7. The van der Waals surface area contributed by atoms with Crippen molar-refractivity contribution in [3.8, 4) is 23.2 Å². The molecule has 0 aliphatic heterocycles. The SMILES string of the molecule is COc1cc(C#N)cc(-c2ncc(Cn3ncc4cc(Cl)cc(C(=O)NC5CC6(CC(CC(=O)O)C6)C5)c43)cn2)c1. The smallest absolute Gasteiger partial charge is 0.303 e. The lowest BCUT2D eigenvalue weighted by Gasteiger charge is -2.57. The second kappa shape index (κ2) is 10.5. The second-order valence-corrected chi connectivity index (χ2v) is 11.6. The number of ether oxygens (including phenoxy) is 1. The molecule has 2 aromatic carbocycles. The van der Waals surface area contributed by atoms with Crippen LogP contribution in [0, 0.1) is 22.7 Å². The number of aliphatic carboxylic acids is 1. The number of rotatable bonds is 8. The Kier molecular flexibility index (Phi) is 6.83. The average Bonchev–Trinajstić information content (AvgIpc) is 3.31. The molecule has 2 heterocycles. The highest BCUT2D eigenvalue weighted by atomic mass is 35.5. The molecule has 2 aliphatic carbocycles. The maximum absolute atomic E-state index is 13.4. The van der Waals surface area contributed by atoms with E-state index in [0.717, 1.165) is 36.6 Å². The van der Waals surface area contributed by atoms with Crippen LogP contribution >= 0.6 is 11.6 Å². The minimum atomic E-state index is -0.746. The van der Waals surface area contributed by atoms with E-state index in [9.17, 15) is 14.9 Å². The van der Waals surface area contributed by atoms with E-state index < -0.39 is 5.97 Å². The molecule has 0 atom stereocenters. The Morgan fingerprint density at radius 2 is 1.90 bits per heavy atom. The molecule has 0 unspecified atom stereocenters. The predicted octanol–water partition coefficient (Wildman–Crippen LogP) is 4.84. The molecule has 2 saturated carbocycles. The largest absolute Gasteiger partial charge is 0.497 e. The summed E-state index contributed by atoms with van der Waals surface area (Å²) in [5.74, 6) is 0.295. The lowest BCUT2D eigenvalue weighted by molar-refractivity contribution is -0.142. The molecule has 0 bridgehead atoms. The molecule has 208 valence electrons. The summed E-state index contributed by atoms with van der Waals surface area (Å²) in [6.45, 7) is 0.338. The summed E-state index contributed by atoms with van der Waals surface area (Å²) in [5.41, 5.74) is 3.19. The number of halogens is 1. The quantitative estimate of drug-likeness (QED) is 0.306. The molecular weight excluding hydrogens is 544 g/mol. The van der Waals surface area contributed by atoms with E-state index in [1.807, 2.05) is 0 Å². The molecule has 1 amide bonds. The molecule has 2 fully saturated rings. The van der Waals surface area contributed by atoms with Gasteiger partial charge in [0.15, 0.2) is 5.82 Å². The summed E-state index contributed by atoms with van der Waals surface area (Å²) >= 11 is 6.36. The number of nitriles is 1. The number of hydrogen-bond donors (Lipinski definition) is 2. The molecule has 1 spiro atoms. The van der Waals surface area contributed by atoms with E-state index in [1.165, 1.54) is 7.11 Å². The minimum absolute atomic E-state index is 0.0535. The normalized spacial score (nSPS) is 21.1. The standard InChI is InChI=1S/C30H27ClN6O4/c1-41-24-3-17(12-32)2-20(6-24)28-33-13-19(14-34-28)16-37-27-21(15-35-37)5-22(31)7-25(27)29(40)36-23-10-30(11-23)8-18(9-30)4-26(38)39/h2-3,5-7,13-15,18,23H,4,8-11,16H2,1H3,(H,36,40)(H,38,39). The maximum Gasteiger partial charge on any atom is 0.303 e. The fourth-order valence-corrected chi connectivity index (χ4v) is 6.63. The van der Waals surface area contributed by atoms with E-state index >= 15 is 0 Å². The van der Waals surface area contributed by atoms with Gasteiger partial charge in [-0.05, 0) is 67.3 Å². The number of carbonyl (C=O) groups is 2. The van der Waals surface area contributed by atoms with Gasteiger partial charge in [0.1, 0.15) is 5.75 Å². The third kappa shape index (κ3) is 5.33. The van der Waals surface area contributed by atoms with Gasteiger partial charge in [0.25, 0.3) is 5.91 Å². The van der Waals surface area contributed by atoms with Crippen LogP contribution in [0.3, 0.4) is 0 Å². The Hall–Kier alpha value is -4.49. The molecule has 11 heteroatoms. The second-order valence-electron chi connectivity index (χ2n) is 11.1. The molecule has 0 saturated heterocycles. The highest BCUT2D eigenvalue weighted by Gasteiger charge is 2.53. The Labute approximate surface area is 240 Å². The van der Waals surface area contributed by atoms with Gasteiger partial charge in [0.05, 0.1) is 42.6 Å². The zero-order valence-electron chi connectivity index (χ0n) is 22.3. The van der Waals surface area contributed by atoms with Gasteiger partial charge < -0.3 is 15.2 Å². The van der Waals surface area contributed by atoms with Crippen molar-refractivity contribution in [2.75, 3.05) is 7.11 Å². The zero-order chi connectivity index (χ0) is 28.7. The number of amides is 1. The monoisotopic (exact) mass is 570 g/mol. The van der Waals surface area contributed by atoms with Crippen LogP contribution in [0.15, 0.2) is 48.9 Å². The van der Waals surface area contributed by atoms with Gasteiger partial charge >= 0.3 is 5.97 Å². The number of carboxylic acids is 1. The fraction of sp³-hybridized carbons (Fsp3) is 0.333. The van der Waals surface area contributed by atoms with Crippen LogP contribution < -0.4 is 10.1 Å². The lowest BCUT2D eigenvalue weighted by atomic mass is 9.49. The summed E-state index contributed by atoms with van der Waals surface area (Å²) in [4.78, 5) is 33.3. The Balaban J connectivity index is 1.17. The number of carbonyl (C=O) groups excluding carboxylic acids is 1. The van der Waals surface area contributed by atoms with E-state index in [0.29, 0.717) is 45.3 Å². The zero-order valence-corrected chi connectivity index (χ0v) is 23.1. The van der Waals surface area contributed by atoms with Crippen molar-refractivity contribution in [2.24, 2.45) is 11.3 Å². The topological polar surface area (TPSA) is 143 Å². The van der Waals surface area contributed by atoms with E-state index in [1.54, 1.807) is 53.6 Å². The van der Waals surface area contributed by atoms with Crippen LogP contribution in [0.1, 0.15) is 53.6 Å². The molecule has 2 N–H and O–H groups in total. The number of nitrogens with one attached hydrogen (secondary N) is 1. The summed E-state index contributed by atoms with van der Waals surface area (Å²) in [5, 5.41) is 27.2. The van der Waals surface area contributed by atoms with Gasteiger partial charge in [0, 0.05) is 46.4 Å². The minimum Gasteiger partial charge on any atom is -0.497 e. The number of aromatic nitrogens is 4. The van der Waals surface area contributed by atoms with Crippen molar-refractivity contribution in [3.05, 3.63) is 70.6 Å². The highest BCUT2D eigenvalue weighted by Crippen LogP contribution is 2.59. The Bertz CT molecular complexity index is 1700. The third-order valence-electron chi connectivity index (χ3n) is 8.11. The van der Waals surface area contributed by atoms with Gasteiger partial charge in [-0.25, -0.2) is 9.97 Å². The molecule has 4 aromatic rings. The number of carboxylic acid groups (broad SMARTS) is 1. The van der Waals surface area contributed by atoms with E-state index in [4.69, 9.17) is 21.4 Å². The predicted molar refractivity (Wildman–Crippen MR) is 150 cm³/mol. The third-order valence-corrected chi connectivity index (χ3v) is 8.33. The van der Waals surface area contributed by atoms with Crippen LogP contribution in [0.4, 0.5) is 0 Å². The molecule has 2 aliphatic rings. The lowest BCUT2D eigenvalue weighted by Crippen LogP contribution is -2.56. The van der Waals surface area contributed by atoms with E-state index in [-0.39, 0.29) is 29.7 Å². The summed E-state index contributed by atoms with van der Waals surface area (Å²) in [6, 6.07) is 10.7. The van der Waals surface area contributed by atoms with Crippen LogP contribution in [0.25, 0.3) is 22.3 Å². The van der Waals surface area contributed by atoms with Gasteiger partial charge in [-0.2, -0.15) is 10.4 Å². The van der Waals surface area contributed by atoms with Crippen LogP contribution in [0.5, 0.6) is 5.75 Å². The number of benzene rings is 2. The van der Waals surface area contributed by atoms with Crippen molar-refractivity contribution < 1.29 is 19.4 Å². The van der Waals surface area contributed by atoms with Crippen molar-refractivity contribution in [2.45, 2.75) is 44.7 Å². The molecular formula is C30H27ClN6O4. The fourth-order valence-electron chi connectivity index (χ4n) is 6.40. The van der Waals surface area contributed by atoms with Crippen molar-refractivity contribution >= 4 is 34.4 Å². The first-order valence-electron chi connectivity index (χ1n) is 13.3. The Morgan fingerprint density at radius 3 is 2.59 bits per heavy atom. The molecule has 6 rings (SSSR count). The number of hydrogen-bond acceptors (Lipinski definition) is 7. The van der Waals surface area contributed by atoms with E-state index in [2.05, 4.69) is 26.5 Å². The summed E-state index contributed by atoms with van der Waals surface area (Å²) < 4.78 is 7.02. The molecule has 41 heavy (non-hydrogen) atoms. The van der Waals surface area contributed by atoms with Gasteiger partial charge in [-0.3, -0.25) is 14.3 Å². The van der Waals surface area contributed by atoms with Crippen molar-refractivity contribution in [1.29, 1.82) is 5.26 Å². The first-order chi connectivity index (χ1) is 19.7. The Morgan fingerprint density at radius 1 is 1.15 bits per heavy atom. The molecule has 0 radical (unpaired) electrons. The number of nitrogens with zero attached hydrogens (tertiary/aromatic N) is 5. The first kappa shape index (κ1) is 26.7. The van der Waals surface area contributed by atoms with Crippen LogP contribution in [-0.4, -0.2) is 49.9 Å². The summed E-state index contributed by atoms with van der Waals surface area (Å²) in [6.07, 6.45) is 8.86. The van der Waals surface area contributed by atoms with Crippen LogP contribution in [0.2, 0.25) is 5.02 Å².